The summed E-state index contributed by atoms with van der Waals surface area (Å²) in [6.45, 7) is 4.09. The topological polar surface area (TPSA) is 66.0 Å². The summed E-state index contributed by atoms with van der Waals surface area (Å²) < 4.78 is 12.4. The second-order valence-electron chi connectivity index (χ2n) is 4.73. The van der Waals surface area contributed by atoms with Crippen LogP contribution in [0.25, 0.3) is 11.0 Å². The molecule has 0 fully saturated rings. The molecule has 6 nitrogen and oxygen atoms in total. The monoisotopic (exact) mass is 306 g/mol. The number of methoxy groups -OCH3 is 1. The van der Waals surface area contributed by atoms with Crippen LogP contribution in [0.15, 0.2) is 22.7 Å². The van der Waals surface area contributed by atoms with Crippen molar-refractivity contribution in [1.29, 1.82) is 0 Å². The molecule has 3 rings (SSSR count). The lowest BCUT2D eigenvalue weighted by Crippen LogP contribution is -2.07. The first-order valence-corrected chi connectivity index (χ1v) is 7.00. The number of rotatable bonds is 4. The summed E-state index contributed by atoms with van der Waals surface area (Å²) in [5.74, 6) is 2.59. The van der Waals surface area contributed by atoms with E-state index in [2.05, 4.69) is 15.1 Å². The molecule has 0 aliphatic carbocycles. The number of benzene rings is 1. The predicted octanol–water partition coefficient (Wildman–Crippen LogP) is 3.08. The van der Waals surface area contributed by atoms with E-state index in [4.69, 9.17) is 20.9 Å². The Morgan fingerprint density at radius 2 is 2.19 bits per heavy atom. The van der Waals surface area contributed by atoms with Crippen molar-refractivity contribution in [3.63, 3.8) is 0 Å². The molecule has 0 saturated carbocycles. The molecule has 1 aromatic carbocycles. The number of nitrogens with zero attached hydrogens (tertiary/aromatic N) is 4. The van der Waals surface area contributed by atoms with Gasteiger partial charge in [-0.05, 0) is 19.1 Å². The van der Waals surface area contributed by atoms with Gasteiger partial charge in [0.15, 0.2) is 5.82 Å². The summed E-state index contributed by atoms with van der Waals surface area (Å²) in [5, 5.41) is 3.69. The molecule has 3 aromatic rings. The van der Waals surface area contributed by atoms with Crippen molar-refractivity contribution in [2.45, 2.75) is 25.8 Å². The van der Waals surface area contributed by atoms with Gasteiger partial charge < -0.3 is 13.8 Å². The van der Waals surface area contributed by atoms with Gasteiger partial charge in [0, 0.05) is 6.92 Å². The molecule has 1 atom stereocenters. The van der Waals surface area contributed by atoms with Gasteiger partial charge in [0.05, 0.1) is 24.5 Å². The summed E-state index contributed by atoms with van der Waals surface area (Å²) in [5.41, 5.74) is 1.71. The van der Waals surface area contributed by atoms with Crippen LogP contribution in [0, 0.1) is 6.92 Å². The number of hydrogen-bond acceptors (Lipinski definition) is 5. The van der Waals surface area contributed by atoms with Crippen LogP contribution >= 0.6 is 11.6 Å². The lowest BCUT2D eigenvalue weighted by molar-refractivity contribution is 0.386. The van der Waals surface area contributed by atoms with Crippen LogP contribution in [0.5, 0.6) is 5.75 Å². The van der Waals surface area contributed by atoms with Gasteiger partial charge in [-0.2, -0.15) is 4.98 Å². The Morgan fingerprint density at radius 3 is 2.81 bits per heavy atom. The Hall–Kier alpha value is -2.08. The minimum Gasteiger partial charge on any atom is -0.494 e. The number of ether oxygens (including phenoxy) is 1. The maximum absolute atomic E-state index is 6.26. The molecular formula is C14H15ClN4O2. The fourth-order valence-corrected chi connectivity index (χ4v) is 2.49. The van der Waals surface area contributed by atoms with Crippen LogP contribution in [0.2, 0.25) is 0 Å². The Labute approximate surface area is 126 Å². The predicted molar refractivity (Wildman–Crippen MR) is 78.7 cm³/mol. The molecule has 0 aliphatic rings. The van der Waals surface area contributed by atoms with E-state index in [1.807, 2.05) is 29.7 Å². The van der Waals surface area contributed by atoms with Crippen LogP contribution < -0.4 is 4.74 Å². The number of aryl methyl sites for hydroxylation is 1. The van der Waals surface area contributed by atoms with Crippen molar-refractivity contribution in [2.24, 2.45) is 0 Å². The highest BCUT2D eigenvalue weighted by atomic mass is 35.5. The van der Waals surface area contributed by atoms with Gasteiger partial charge in [-0.25, -0.2) is 4.98 Å². The Balaban J connectivity index is 2.16. The van der Waals surface area contributed by atoms with Crippen molar-refractivity contribution in [3.05, 3.63) is 35.7 Å². The number of para-hydroxylation sites is 1. The number of hydrogen-bond donors (Lipinski definition) is 0. The highest BCUT2D eigenvalue weighted by molar-refractivity contribution is 6.20. The van der Waals surface area contributed by atoms with E-state index >= 15 is 0 Å². The third-order valence-electron chi connectivity index (χ3n) is 3.22. The van der Waals surface area contributed by atoms with Crippen molar-refractivity contribution in [2.75, 3.05) is 7.11 Å². The van der Waals surface area contributed by atoms with Gasteiger partial charge in [0.1, 0.15) is 17.1 Å². The number of halogens is 1. The van der Waals surface area contributed by atoms with Gasteiger partial charge in [-0.3, -0.25) is 0 Å². The largest absolute Gasteiger partial charge is 0.494 e. The van der Waals surface area contributed by atoms with E-state index in [-0.39, 0.29) is 5.38 Å². The molecule has 2 aromatic heterocycles. The maximum Gasteiger partial charge on any atom is 0.223 e. The van der Waals surface area contributed by atoms with E-state index in [1.165, 1.54) is 0 Å². The van der Waals surface area contributed by atoms with Gasteiger partial charge in [-0.1, -0.05) is 11.2 Å². The van der Waals surface area contributed by atoms with E-state index in [0.29, 0.717) is 24.0 Å². The van der Waals surface area contributed by atoms with E-state index in [1.54, 1.807) is 14.0 Å². The van der Waals surface area contributed by atoms with Crippen molar-refractivity contribution >= 4 is 22.6 Å². The Kier molecular flexibility index (Phi) is 3.55. The normalized spacial score (nSPS) is 12.8. The van der Waals surface area contributed by atoms with Crippen molar-refractivity contribution in [3.8, 4) is 5.75 Å². The van der Waals surface area contributed by atoms with Crippen LogP contribution in [0.4, 0.5) is 0 Å². The number of alkyl halides is 1. The lowest BCUT2D eigenvalue weighted by Gasteiger charge is -2.08. The fraction of sp³-hybridized carbons (Fsp3) is 0.357. The molecule has 0 bridgehead atoms. The van der Waals surface area contributed by atoms with E-state index in [9.17, 15) is 0 Å². The Morgan fingerprint density at radius 1 is 1.38 bits per heavy atom. The quantitative estimate of drug-likeness (QED) is 0.693. The molecule has 110 valence electrons. The number of aromatic nitrogens is 4. The third-order valence-corrected chi connectivity index (χ3v) is 3.41. The first-order valence-electron chi connectivity index (χ1n) is 6.56. The van der Waals surface area contributed by atoms with Crippen LogP contribution in [0.1, 0.15) is 29.8 Å². The molecule has 0 aliphatic heterocycles. The average Bonchev–Trinajstić information content (AvgIpc) is 3.03. The van der Waals surface area contributed by atoms with Gasteiger partial charge in [-0.15, -0.1) is 11.6 Å². The number of imidazole rings is 1. The molecule has 2 heterocycles. The second-order valence-corrected chi connectivity index (χ2v) is 5.38. The van der Waals surface area contributed by atoms with Gasteiger partial charge in [0.2, 0.25) is 5.89 Å². The number of fused-ring (bicyclic) bond motifs is 1. The highest BCUT2D eigenvalue weighted by Gasteiger charge is 2.19. The van der Waals surface area contributed by atoms with E-state index in [0.717, 1.165) is 16.9 Å². The zero-order chi connectivity index (χ0) is 15.0. The fourth-order valence-electron chi connectivity index (χ4n) is 2.32. The lowest BCUT2D eigenvalue weighted by atomic mass is 10.3. The molecule has 1 unspecified atom stereocenters. The summed E-state index contributed by atoms with van der Waals surface area (Å²) in [6, 6.07) is 5.77. The summed E-state index contributed by atoms with van der Waals surface area (Å²) in [6.07, 6.45) is 0. The summed E-state index contributed by atoms with van der Waals surface area (Å²) >= 11 is 6.26. The molecule has 21 heavy (non-hydrogen) atoms. The third kappa shape index (κ3) is 2.47. The molecular weight excluding hydrogens is 292 g/mol. The standard InChI is InChI=1S/C14H15ClN4O2/c1-8(15)14-17-13-10(5-4-6-11(13)20-3)19(14)7-12-16-9(2)21-18-12/h4-6,8H,7H2,1-3H3. The van der Waals surface area contributed by atoms with Gasteiger partial charge >= 0.3 is 0 Å². The Bertz CT molecular complexity index is 778. The first kappa shape index (κ1) is 13.9. The molecule has 7 heteroatoms. The molecule has 0 radical (unpaired) electrons. The minimum atomic E-state index is -0.241. The zero-order valence-electron chi connectivity index (χ0n) is 12.0. The zero-order valence-corrected chi connectivity index (χ0v) is 12.8. The maximum atomic E-state index is 6.26. The smallest absolute Gasteiger partial charge is 0.223 e. The SMILES string of the molecule is COc1cccc2c1nc(C(C)Cl)n2Cc1noc(C)n1. The first-order chi connectivity index (χ1) is 10.1. The van der Waals surface area contributed by atoms with Crippen LogP contribution in [0.3, 0.4) is 0 Å². The molecule has 0 N–H and O–H groups in total. The van der Waals surface area contributed by atoms with Crippen LogP contribution in [-0.4, -0.2) is 26.8 Å². The molecule has 0 saturated heterocycles. The van der Waals surface area contributed by atoms with Crippen LogP contribution in [-0.2, 0) is 6.54 Å². The summed E-state index contributed by atoms with van der Waals surface area (Å²) in [4.78, 5) is 8.84. The van der Waals surface area contributed by atoms with Gasteiger partial charge in [0.25, 0.3) is 0 Å². The van der Waals surface area contributed by atoms with E-state index < -0.39 is 0 Å². The van der Waals surface area contributed by atoms with Crippen molar-refractivity contribution in [1.82, 2.24) is 19.7 Å². The summed E-state index contributed by atoms with van der Waals surface area (Å²) in [7, 11) is 1.63. The second kappa shape index (κ2) is 5.37. The molecule has 0 spiro atoms. The molecule has 0 amide bonds. The minimum absolute atomic E-state index is 0.241. The average molecular weight is 307 g/mol. The van der Waals surface area contributed by atoms with Crippen molar-refractivity contribution < 1.29 is 9.26 Å². The highest BCUT2D eigenvalue weighted by Crippen LogP contribution is 2.30.